The molecule has 1 aromatic heterocycles. The summed E-state index contributed by atoms with van der Waals surface area (Å²) in [7, 11) is 0. The summed E-state index contributed by atoms with van der Waals surface area (Å²) in [5.74, 6) is -1.20. The molecule has 1 saturated heterocycles. The van der Waals surface area contributed by atoms with Crippen molar-refractivity contribution in [2.45, 2.75) is 19.4 Å². The first-order valence-corrected chi connectivity index (χ1v) is 4.65. The Labute approximate surface area is 85.9 Å². The van der Waals surface area contributed by atoms with Gasteiger partial charge in [0, 0.05) is 18.5 Å². The second kappa shape index (κ2) is 3.38. The second-order valence-corrected chi connectivity index (χ2v) is 3.60. The van der Waals surface area contributed by atoms with E-state index in [1.807, 2.05) is 0 Å². The zero-order valence-electron chi connectivity index (χ0n) is 8.17. The van der Waals surface area contributed by atoms with Crippen LogP contribution in [0.2, 0.25) is 0 Å². The summed E-state index contributed by atoms with van der Waals surface area (Å²) in [6.45, 7) is 1.73. The number of carbonyl (C=O) groups is 2. The number of carboxylic acids is 1. The summed E-state index contributed by atoms with van der Waals surface area (Å²) in [4.78, 5) is 23.9. The van der Waals surface area contributed by atoms with E-state index in [0.717, 1.165) is 0 Å². The van der Waals surface area contributed by atoms with E-state index < -0.39 is 11.9 Å². The molecule has 0 saturated carbocycles. The lowest BCUT2D eigenvalue weighted by molar-refractivity contribution is -0.142. The second-order valence-electron chi connectivity index (χ2n) is 3.60. The molecular weight excluding hydrogens is 198 g/mol. The zero-order valence-corrected chi connectivity index (χ0v) is 8.17. The van der Waals surface area contributed by atoms with Gasteiger partial charge in [-0.1, -0.05) is 0 Å². The van der Waals surface area contributed by atoms with Crippen LogP contribution in [0.4, 0.5) is 5.82 Å². The topological polar surface area (TPSA) is 86.3 Å². The van der Waals surface area contributed by atoms with Gasteiger partial charge in [-0.3, -0.25) is 19.6 Å². The highest BCUT2D eigenvalue weighted by atomic mass is 16.4. The van der Waals surface area contributed by atoms with Crippen LogP contribution in [0.5, 0.6) is 0 Å². The minimum atomic E-state index is -0.933. The van der Waals surface area contributed by atoms with Crippen molar-refractivity contribution < 1.29 is 14.7 Å². The van der Waals surface area contributed by atoms with Crippen LogP contribution in [0, 0.1) is 5.92 Å². The molecule has 1 aliphatic rings. The van der Waals surface area contributed by atoms with Gasteiger partial charge in [-0.05, 0) is 6.92 Å². The van der Waals surface area contributed by atoms with Crippen LogP contribution >= 0.6 is 0 Å². The number of aromatic nitrogens is 2. The van der Waals surface area contributed by atoms with E-state index in [-0.39, 0.29) is 18.4 Å². The number of carboxylic acid groups (broad SMARTS) is 1. The lowest BCUT2D eigenvalue weighted by Gasteiger charge is -2.20. The molecule has 6 nitrogen and oxygen atoms in total. The third kappa shape index (κ3) is 1.47. The maximum absolute atomic E-state index is 11.6. The Bertz CT molecular complexity index is 387. The monoisotopic (exact) mass is 209 g/mol. The molecule has 2 rings (SSSR count). The predicted molar refractivity (Wildman–Crippen MR) is 51.3 cm³/mol. The molecule has 0 aromatic carbocycles. The maximum Gasteiger partial charge on any atom is 0.309 e. The number of amides is 1. The van der Waals surface area contributed by atoms with Gasteiger partial charge in [0.1, 0.15) is 5.82 Å². The molecule has 1 amide bonds. The Morgan fingerprint density at radius 3 is 2.93 bits per heavy atom. The SMILES string of the molecule is C[C@@H]1[C@@H](C(=O)O)CC(=O)N1c1ccn[nH]1. The molecule has 2 N–H and O–H groups in total. The Morgan fingerprint density at radius 1 is 1.73 bits per heavy atom. The smallest absolute Gasteiger partial charge is 0.309 e. The van der Waals surface area contributed by atoms with Gasteiger partial charge in [0.25, 0.3) is 0 Å². The highest BCUT2D eigenvalue weighted by molar-refractivity contribution is 5.99. The fraction of sp³-hybridized carbons (Fsp3) is 0.444. The minimum absolute atomic E-state index is 0.0511. The van der Waals surface area contributed by atoms with Gasteiger partial charge in [-0.15, -0.1) is 0 Å². The molecule has 0 bridgehead atoms. The number of anilines is 1. The van der Waals surface area contributed by atoms with Crippen LogP contribution in [-0.4, -0.2) is 33.2 Å². The van der Waals surface area contributed by atoms with E-state index in [4.69, 9.17) is 5.11 Å². The van der Waals surface area contributed by atoms with Crippen molar-refractivity contribution in [1.29, 1.82) is 0 Å². The van der Waals surface area contributed by atoms with Crippen molar-refractivity contribution in [3.8, 4) is 0 Å². The third-order valence-corrected chi connectivity index (χ3v) is 2.72. The van der Waals surface area contributed by atoms with E-state index in [1.54, 1.807) is 13.0 Å². The van der Waals surface area contributed by atoms with E-state index in [1.165, 1.54) is 11.1 Å². The summed E-state index contributed by atoms with van der Waals surface area (Å²) >= 11 is 0. The molecule has 1 fully saturated rings. The standard InChI is InChI=1S/C9H11N3O3/c1-5-6(9(14)15)4-8(13)12(5)7-2-3-10-11-7/h2-3,5-6H,4H2,1H3,(H,10,11)(H,14,15)/t5-,6+/m1/s1. The molecule has 1 aromatic rings. The molecule has 0 aliphatic carbocycles. The van der Waals surface area contributed by atoms with Crippen LogP contribution in [0.15, 0.2) is 12.3 Å². The van der Waals surface area contributed by atoms with Gasteiger partial charge >= 0.3 is 5.97 Å². The summed E-state index contributed by atoms with van der Waals surface area (Å²) < 4.78 is 0. The van der Waals surface area contributed by atoms with Crippen molar-refractivity contribution in [3.63, 3.8) is 0 Å². The summed E-state index contributed by atoms with van der Waals surface area (Å²) in [5.41, 5.74) is 0. The van der Waals surface area contributed by atoms with Gasteiger partial charge in [0.15, 0.2) is 0 Å². The fourth-order valence-electron chi connectivity index (χ4n) is 1.89. The van der Waals surface area contributed by atoms with Gasteiger partial charge in [0.2, 0.25) is 5.91 Å². The summed E-state index contributed by atoms with van der Waals surface area (Å²) in [6.07, 6.45) is 1.58. The largest absolute Gasteiger partial charge is 0.481 e. The third-order valence-electron chi connectivity index (χ3n) is 2.72. The molecule has 15 heavy (non-hydrogen) atoms. The van der Waals surface area contributed by atoms with Crippen LogP contribution in [0.25, 0.3) is 0 Å². The average molecular weight is 209 g/mol. The van der Waals surface area contributed by atoms with Crippen LogP contribution in [0.1, 0.15) is 13.3 Å². The average Bonchev–Trinajstić information content (AvgIpc) is 2.73. The molecule has 80 valence electrons. The zero-order chi connectivity index (χ0) is 11.0. The minimum Gasteiger partial charge on any atom is -0.481 e. The number of nitrogens with zero attached hydrogens (tertiary/aromatic N) is 2. The number of nitrogens with one attached hydrogen (secondary N) is 1. The van der Waals surface area contributed by atoms with Crippen LogP contribution in [0.3, 0.4) is 0 Å². The van der Waals surface area contributed by atoms with Crippen molar-refractivity contribution >= 4 is 17.7 Å². The molecule has 0 radical (unpaired) electrons. The first-order valence-electron chi connectivity index (χ1n) is 4.65. The molecule has 1 aliphatic heterocycles. The molecule has 2 atom stereocenters. The Hall–Kier alpha value is -1.85. The van der Waals surface area contributed by atoms with Crippen molar-refractivity contribution in [2.24, 2.45) is 5.92 Å². The van der Waals surface area contributed by atoms with Gasteiger partial charge in [-0.25, -0.2) is 0 Å². The van der Waals surface area contributed by atoms with Crippen LogP contribution < -0.4 is 4.90 Å². The molecule has 6 heteroatoms. The fourth-order valence-corrected chi connectivity index (χ4v) is 1.89. The Balaban J connectivity index is 2.28. The highest BCUT2D eigenvalue weighted by Crippen LogP contribution is 2.29. The number of aliphatic carboxylic acids is 1. The quantitative estimate of drug-likeness (QED) is 0.730. The number of H-pyrrole nitrogens is 1. The van der Waals surface area contributed by atoms with Crippen molar-refractivity contribution in [3.05, 3.63) is 12.3 Å². The summed E-state index contributed by atoms with van der Waals surface area (Å²) in [5, 5.41) is 15.3. The molecule has 0 spiro atoms. The lowest BCUT2D eigenvalue weighted by atomic mass is 10.0. The maximum atomic E-state index is 11.6. The van der Waals surface area contributed by atoms with Gasteiger partial charge < -0.3 is 5.11 Å². The highest BCUT2D eigenvalue weighted by Gasteiger charge is 2.42. The first kappa shape index (κ1) is 9.70. The van der Waals surface area contributed by atoms with E-state index >= 15 is 0 Å². The van der Waals surface area contributed by atoms with Gasteiger partial charge in [-0.2, -0.15) is 5.10 Å². The summed E-state index contributed by atoms with van der Waals surface area (Å²) in [6, 6.07) is 1.31. The van der Waals surface area contributed by atoms with Crippen LogP contribution in [-0.2, 0) is 9.59 Å². The van der Waals surface area contributed by atoms with Crippen molar-refractivity contribution in [1.82, 2.24) is 10.2 Å². The molecule has 0 unspecified atom stereocenters. The normalized spacial score (nSPS) is 25.9. The van der Waals surface area contributed by atoms with Gasteiger partial charge in [0.05, 0.1) is 12.1 Å². The van der Waals surface area contributed by atoms with E-state index in [2.05, 4.69) is 10.2 Å². The predicted octanol–water partition coefficient (Wildman–Crippen LogP) is 0.236. The molecule has 2 heterocycles. The molecular formula is C9H11N3O3. The first-order chi connectivity index (χ1) is 7.11. The number of hydrogen-bond donors (Lipinski definition) is 2. The van der Waals surface area contributed by atoms with Crippen molar-refractivity contribution in [2.75, 3.05) is 4.90 Å². The van der Waals surface area contributed by atoms with E-state index in [0.29, 0.717) is 5.82 Å². The Kier molecular flexibility index (Phi) is 2.18. The number of aromatic amines is 1. The number of rotatable bonds is 2. The number of carbonyl (C=O) groups excluding carboxylic acids is 1. The Morgan fingerprint density at radius 2 is 2.47 bits per heavy atom. The lowest BCUT2D eigenvalue weighted by Crippen LogP contribution is -2.35. The van der Waals surface area contributed by atoms with E-state index in [9.17, 15) is 9.59 Å². The number of hydrogen-bond acceptors (Lipinski definition) is 3.